The highest BCUT2D eigenvalue weighted by atomic mass is 79.9. The molecule has 0 spiro atoms. The van der Waals surface area contributed by atoms with E-state index in [1.54, 1.807) is 56.3 Å². The van der Waals surface area contributed by atoms with Gasteiger partial charge in [0.25, 0.3) is 0 Å². The zero-order valence-corrected chi connectivity index (χ0v) is 32.2. The van der Waals surface area contributed by atoms with Gasteiger partial charge >= 0.3 is 11.9 Å². The van der Waals surface area contributed by atoms with Crippen LogP contribution in [0.4, 0.5) is 0 Å². The van der Waals surface area contributed by atoms with Gasteiger partial charge in [0.15, 0.2) is 0 Å². The quantitative estimate of drug-likeness (QED) is 0.182. The van der Waals surface area contributed by atoms with Gasteiger partial charge in [-0.3, -0.25) is 0 Å². The van der Waals surface area contributed by atoms with Crippen LogP contribution in [0.5, 0.6) is 0 Å². The van der Waals surface area contributed by atoms with Crippen molar-refractivity contribution in [2.24, 2.45) is 0 Å². The Morgan fingerprint density at radius 2 is 1.16 bits per heavy atom. The van der Waals surface area contributed by atoms with Crippen LogP contribution in [-0.4, -0.2) is 63.7 Å². The molecule has 0 fully saturated rings. The molecule has 0 aromatic heterocycles. The predicted molar refractivity (Wildman–Crippen MR) is 195 cm³/mol. The van der Waals surface area contributed by atoms with Gasteiger partial charge in [-0.1, -0.05) is 86.5 Å². The molecule has 4 aromatic carbocycles. The van der Waals surface area contributed by atoms with E-state index in [2.05, 4.69) is 31.9 Å². The van der Waals surface area contributed by atoms with Crippen molar-refractivity contribution in [3.05, 3.63) is 128 Å². The number of esters is 2. The Kier molecular flexibility index (Phi) is 12.3. The third-order valence-corrected chi connectivity index (χ3v) is 13.3. The molecule has 0 amide bonds. The smallest absolute Gasteiger partial charge is 0.329 e. The number of fused-ring (bicyclic) bond motifs is 2. The van der Waals surface area contributed by atoms with E-state index < -0.39 is 44.1 Å². The van der Waals surface area contributed by atoms with Crippen molar-refractivity contribution < 1.29 is 35.9 Å². The van der Waals surface area contributed by atoms with E-state index in [0.29, 0.717) is 28.4 Å². The van der Waals surface area contributed by atoms with Gasteiger partial charge in [-0.2, -0.15) is 8.61 Å². The van der Waals surface area contributed by atoms with Gasteiger partial charge in [0.2, 0.25) is 20.0 Å². The number of carbonyl (C=O) groups excluding carboxylic acids is 2. The van der Waals surface area contributed by atoms with Gasteiger partial charge in [0, 0.05) is 22.0 Å². The maximum atomic E-state index is 13.1. The SMILES string of the molecule is CCOC(=O)C1c2c(Br)cccc2CCN1S(=O)(=O)c1ccccc1.CCOC(=O)C1c2ccc(Br)cc2CCN1S(=O)(=O)c1ccccc1. The summed E-state index contributed by atoms with van der Waals surface area (Å²) >= 11 is 6.88. The molecular formula is C36H36Br2N2O8S2. The lowest BCUT2D eigenvalue weighted by Crippen LogP contribution is -2.44. The summed E-state index contributed by atoms with van der Waals surface area (Å²) in [6, 6.07) is 25.5. The number of benzene rings is 4. The Labute approximate surface area is 309 Å². The molecule has 0 bridgehead atoms. The number of rotatable bonds is 8. The van der Waals surface area contributed by atoms with Gasteiger partial charge in [0.05, 0.1) is 23.0 Å². The van der Waals surface area contributed by atoms with E-state index in [9.17, 15) is 26.4 Å². The topological polar surface area (TPSA) is 127 Å². The Morgan fingerprint density at radius 1 is 0.660 bits per heavy atom. The fraction of sp³-hybridized carbons (Fsp3) is 0.278. The van der Waals surface area contributed by atoms with Crippen molar-refractivity contribution in [3.63, 3.8) is 0 Å². The van der Waals surface area contributed by atoms with E-state index in [1.807, 2.05) is 30.3 Å². The second-order valence-corrected chi connectivity index (χ2v) is 16.9. The molecule has 0 saturated heterocycles. The van der Waals surface area contributed by atoms with Crippen LogP contribution in [0.25, 0.3) is 0 Å². The third kappa shape index (κ3) is 7.90. The number of ether oxygens (including phenoxy) is 2. The highest BCUT2D eigenvalue weighted by Gasteiger charge is 2.43. The molecule has 6 rings (SSSR count). The summed E-state index contributed by atoms with van der Waals surface area (Å²) in [6.07, 6.45) is 1.08. The van der Waals surface area contributed by atoms with Crippen LogP contribution < -0.4 is 0 Å². The van der Waals surface area contributed by atoms with E-state index >= 15 is 0 Å². The number of nitrogens with zero attached hydrogens (tertiary/aromatic N) is 2. The Balaban J connectivity index is 0.000000194. The fourth-order valence-electron chi connectivity index (χ4n) is 6.08. The van der Waals surface area contributed by atoms with Crippen molar-refractivity contribution in [3.8, 4) is 0 Å². The first-order valence-corrected chi connectivity index (χ1v) is 20.4. The van der Waals surface area contributed by atoms with Crippen molar-refractivity contribution in [2.45, 2.75) is 48.6 Å². The van der Waals surface area contributed by atoms with Crippen LogP contribution in [0.2, 0.25) is 0 Å². The fourth-order valence-corrected chi connectivity index (χ4v) is 10.3. The first-order chi connectivity index (χ1) is 23.9. The van der Waals surface area contributed by atoms with Crippen LogP contribution in [0.1, 0.15) is 48.2 Å². The first kappa shape index (κ1) is 37.8. The van der Waals surface area contributed by atoms with Gasteiger partial charge < -0.3 is 9.47 Å². The van der Waals surface area contributed by atoms with E-state index in [-0.39, 0.29) is 36.1 Å². The molecule has 4 aromatic rings. The minimum absolute atomic E-state index is 0.166. The zero-order valence-electron chi connectivity index (χ0n) is 27.4. The molecule has 0 aliphatic carbocycles. The lowest BCUT2D eigenvalue weighted by atomic mass is 9.94. The average Bonchev–Trinajstić information content (AvgIpc) is 3.12. The number of sulfonamides is 2. The Morgan fingerprint density at radius 3 is 1.70 bits per heavy atom. The normalized spacial score (nSPS) is 17.8. The van der Waals surface area contributed by atoms with Crippen molar-refractivity contribution in [1.29, 1.82) is 0 Å². The average molecular weight is 849 g/mol. The molecule has 10 nitrogen and oxygen atoms in total. The summed E-state index contributed by atoms with van der Waals surface area (Å²) in [7, 11) is -7.63. The molecule has 2 heterocycles. The third-order valence-electron chi connectivity index (χ3n) is 8.31. The second kappa shape index (κ2) is 16.3. The zero-order chi connectivity index (χ0) is 36.1. The maximum absolute atomic E-state index is 13.1. The summed E-state index contributed by atoms with van der Waals surface area (Å²) in [4.78, 5) is 25.6. The van der Waals surface area contributed by atoms with Gasteiger partial charge in [-0.05, 0) is 91.4 Å². The van der Waals surface area contributed by atoms with Crippen LogP contribution in [-0.2, 0) is 52.0 Å². The highest BCUT2D eigenvalue weighted by molar-refractivity contribution is 9.10. The molecule has 2 aliphatic heterocycles. The highest BCUT2D eigenvalue weighted by Crippen LogP contribution is 2.39. The number of halogens is 2. The first-order valence-electron chi connectivity index (χ1n) is 15.9. The minimum atomic E-state index is -3.82. The molecule has 0 saturated carbocycles. The lowest BCUT2D eigenvalue weighted by Gasteiger charge is -2.35. The standard InChI is InChI=1S/2C18H18BrNO4S/c1-2-24-18(21)17-16-13(7-6-10-15(16)19)11-12-20(17)25(22,23)14-8-4-3-5-9-14;1-2-24-18(21)17-16-9-8-14(19)12-13(16)10-11-20(17)25(22,23)15-6-4-3-5-7-15/h3-10,17H,2,11-12H2,1H3;3-9,12,17H,2,10-11H2,1H3. The molecule has 0 radical (unpaired) electrons. The largest absolute Gasteiger partial charge is 0.465 e. The van der Waals surface area contributed by atoms with Crippen molar-refractivity contribution >= 4 is 63.8 Å². The summed E-state index contributed by atoms with van der Waals surface area (Å²) in [5, 5.41) is 0. The lowest BCUT2D eigenvalue weighted by molar-refractivity contribution is -0.149. The Hall–Kier alpha value is -3.40. The molecule has 2 unspecified atom stereocenters. The van der Waals surface area contributed by atoms with Crippen LogP contribution >= 0.6 is 31.9 Å². The van der Waals surface area contributed by atoms with Crippen LogP contribution in [0.3, 0.4) is 0 Å². The van der Waals surface area contributed by atoms with Gasteiger partial charge in [0.1, 0.15) is 12.1 Å². The number of carbonyl (C=O) groups is 2. The van der Waals surface area contributed by atoms with Gasteiger partial charge in [-0.15, -0.1) is 0 Å². The van der Waals surface area contributed by atoms with E-state index in [0.717, 1.165) is 15.6 Å². The number of hydrogen-bond acceptors (Lipinski definition) is 8. The maximum Gasteiger partial charge on any atom is 0.329 e. The predicted octanol–water partition coefficient (Wildman–Crippen LogP) is 6.60. The summed E-state index contributed by atoms with van der Waals surface area (Å²) in [6.45, 7) is 4.25. The van der Waals surface area contributed by atoms with Crippen molar-refractivity contribution in [2.75, 3.05) is 26.3 Å². The molecule has 50 heavy (non-hydrogen) atoms. The molecule has 264 valence electrons. The molecule has 0 N–H and O–H groups in total. The van der Waals surface area contributed by atoms with Crippen LogP contribution in [0, 0.1) is 0 Å². The van der Waals surface area contributed by atoms with Crippen molar-refractivity contribution in [1.82, 2.24) is 8.61 Å². The van der Waals surface area contributed by atoms with E-state index in [1.165, 1.54) is 32.9 Å². The minimum Gasteiger partial charge on any atom is -0.465 e. The van der Waals surface area contributed by atoms with Gasteiger partial charge in [-0.25, -0.2) is 26.4 Å². The number of hydrogen-bond donors (Lipinski definition) is 0. The molecule has 2 aliphatic rings. The summed E-state index contributed by atoms with van der Waals surface area (Å²) < 4.78 is 66.9. The molecular weight excluding hydrogens is 812 g/mol. The summed E-state index contributed by atoms with van der Waals surface area (Å²) in [5.74, 6) is -1.11. The second-order valence-electron chi connectivity index (χ2n) is 11.3. The monoisotopic (exact) mass is 846 g/mol. The molecule has 2 atom stereocenters. The van der Waals surface area contributed by atoms with Crippen LogP contribution in [0.15, 0.2) is 116 Å². The Bertz CT molecular complexity index is 2060. The van der Waals surface area contributed by atoms with E-state index in [4.69, 9.17) is 9.47 Å². The summed E-state index contributed by atoms with van der Waals surface area (Å²) in [5.41, 5.74) is 3.23. The molecule has 14 heteroatoms.